The van der Waals surface area contributed by atoms with Crippen LogP contribution in [0.15, 0.2) is 0 Å². The third kappa shape index (κ3) is 19.9. The van der Waals surface area contributed by atoms with Crippen LogP contribution < -0.4 is 0 Å². The Morgan fingerprint density at radius 2 is 1.06 bits per heavy atom. The Hall–Kier alpha value is -0.320. The maximum Gasteiger partial charge on any atom is 0.104 e. The molecular weight excluding hydrogens is 440 g/mol. The highest BCUT2D eigenvalue weighted by Gasteiger charge is 2.22. The molecule has 3 unspecified atom stereocenters. The van der Waals surface area contributed by atoms with Crippen LogP contribution in [-0.4, -0.2) is 104 Å². The Kier molecular flexibility index (Phi) is 16.6. The first kappa shape index (κ1) is 29.9. The minimum absolute atomic E-state index is 0.0744. The highest BCUT2D eigenvalue weighted by atomic mass is 16.6. The zero-order chi connectivity index (χ0) is 24.3. The summed E-state index contributed by atoms with van der Waals surface area (Å²) in [6, 6.07) is 0. The summed E-state index contributed by atoms with van der Waals surface area (Å²) in [5.74, 6) is 0. The number of ether oxygens (including phenoxy) is 8. The average Bonchev–Trinajstić information content (AvgIpc) is 3.71. The standard InChI is InChI=1S/C26H50O8/c1-26(2,3)9-18-29-11-5-14-31-20-25(32-15-6-12-28-17-8-24-22-34-24)19-30-13-4-10-27-16-7-23-21-33-23/h23-25H,4-22H2,1-3H3. The predicted molar refractivity (Wildman–Crippen MR) is 130 cm³/mol. The van der Waals surface area contributed by atoms with E-state index >= 15 is 0 Å². The highest BCUT2D eigenvalue weighted by molar-refractivity contribution is 4.68. The monoisotopic (exact) mass is 490 g/mol. The second-order valence-corrected chi connectivity index (χ2v) is 10.3. The zero-order valence-electron chi connectivity index (χ0n) is 21.9. The van der Waals surface area contributed by atoms with Crippen LogP contribution in [0.1, 0.15) is 59.3 Å². The fourth-order valence-corrected chi connectivity index (χ4v) is 3.09. The molecule has 8 nitrogen and oxygen atoms in total. The molecule has 2 aliphatic heterocycles. The van der Waals surface area contributed by atoms with Gasteiger partial charge in [0.05, 0.1) is 38.6 Å². The Bertz CT molecular complexity index is 462. The van der Waals surface area contributed by atoms with Crippen LogP contribution in [0.5, 0.6) is 0 Å². The molecule has 0 saturated carbocycles. The molecule has 2 aliphatic rings. The van der Waals surface area contributed by atoms with Gasteiger partial charge < -0.3 is 37.9 Å². The van der Waals surface area contributed by atoms with E-state index in [1.54, 1.807) is 0 Å². The van der Waals surface area contributed by atoms with Crippen molar-refractivity contribution in [2.75, 3.05) is 85.9 Å². The molecule has 0 amide bonds. The van der Waals surface area contributed by atoms with Gasteiger partial charge in [0, 0.05) is 59.5 Å². The largest absolute Gasteiger partial charge is 0.381 e. The molecule has 2 heterocycles. The van der Waals surface area contributed by atoms with Crippen LogP contribution in [0.3, 0.4) is 0 Å². The summed E-state index contributed by atoms with van der Waals surface area (Å²) in [6.07, 6.45) is 6.47. The first-order chi connectivity index (χ1) is 16.5. The Balaban J connectivity index is 1.45. The van der Waals surface area contributed by atoms with Gasteiger partial charge in [0.1, 0.15) is 6.10 Å². The Morgan fingerprint density at radius 3 is 1.53 bits per heavy atom. The van der Waals surface area contributed by atoms with Gasteiger partial charge in [-0.25, -0.2) is 0 Å². The van der Waals surface area contributed by atoms with Crippen molar-refractivity contribution in [3.05, 3.63) is 0 Å². The van der Waals surface area contributed by atoms with Crippen molar-refractivity contribution in [3.63, 3.8) is 0 Å². The van der Waals surface area contributed by atoms with Crippen molar-refractivity contribution >= 4 is 0 Å². The van der Waals surface area contributed by atoms with E-state index in [1.165, 1.54) is 0 Å². The van der Waals surface area contributed by atoms with Gasteiger partial charge in [0.2, 0.25) is 0 Å². The first-order valence-corrected chi connectivity index (χ1v) is 13.3. The second-order valence-electron chi connectivity index (χ2n) is 10.3. The van der Waals surface area contributed by atoms with Gasteiger partial charge in [0.15, 0.2) is 0 Å². The van der Waals surface area contributed by atoms with Crippen molar-refractivity contribution in [3.8, 4) is 0 Å². The molecule has 2 saturated heterocycles. The van der Waals surface area contributed by atoms with Crippen molar-refractivity contribution < 1.29 is 37.9 Å². The molecule has 8 heteroatoms. The SMILES string of the molecule is CC(C)(C)CCOCCCOCC(COCCCOCCC1CO1)OCCCOCCC1CO1. The van der Waals surface area contributed by atoms with Crippen LogP contribution in [0.25, 0.3) is 0 Å². The summed E-state index contributed by atoms with van der Waals surface area (Å²) in [5.41, 5.74) is 0.315. The molecule has 3 atom stereocenters. The van der Waals surface area contributed by atoms with Crippen LogP contribution in [0, 0.1) is 5.41 Å². The predicted octanol–water partition coefficient (Wildman–Crippen LogP) is 3.64. The third-order valence-electron chi connectivity index (χ3n) is 5.52. The zero-order valence-corrected chi connectivity index (χ0v) is 21.9. The van der Waals surface area contributed by atoms with Crippen molar-refractivity contribution in [2.45, 2.75) is 77.6 Å². The molecule has 2 fully saturated rings. The smallest absolute Gasteiger partial charge is 0.104 e. The quantitative estimate of drug-likeness (QED) is 0.142. The Morgan fingerprint density at radius 1 is 0.618 bits per heavy atom. The highest BCUT2D eigenvalue weighted by Crippen LogP contribution is 2.18. The molecule has 0 spiro atoms. The molecule has 0 radical (unpaired) electrons. The maximum absolute atomic E-state index is 6.01. The summed E-state index contributed by atoms with van der Waals surface area (Å²) in [5, 5.41) is 0. The van der Waals surface area contributed by atoms with Gasteiger partial charge >= 0.3 is 0 Å². The number of epoxide rings is 2. The van der Waals surface area contributed by atoms with E-state index in [1.807, 2.05) is 0 Å². The summed E-state index contributed by atoms with van der Waals surface area (Å²) < 4.78 is 45.0. The van der Waals surface area contributed by atoms with Gasteiger partial charge in [0.25, 0.3) is 0 Å². The minimum Gasteiger partial charge on any atom is -0.381 e. The van der Waals surface area contributed by atoms with Crippen LogP contribution in [0.2, 0.25) is 0 Å². The summed E-state index contributed by atoms with van der Waals surface area (Å²) >= 11 is 0. The van der Waals surface area contributed by atoms with Crippen molar-refractivity contribution in [1.82, 2.24) is 0 Å². The van der Waals surface area contributed by atoms with Crippen LogP contribution in [0.4, 0.5) is 0 Å². The molecule has 0 aromatic heterocycles. The number of hydrogen-bond donors (Lipinski definition) is 0. The number of rotatable bonds is 25. The Labute approximate surface area is 207 Å². The second kappa shape index (κ2) is 18.9. The molecule has 0 aliphatic carbocycles. The van der Waals surface area contributed by atoms with Gasteiger partial charge in [-0.15, -0.1) is 0 Å². The maximum atomic E-state index is 6.01. The summed E-state index contributed by atoms with van der Waals surface area (Å²) in [6.45, 7) is 16.0. The normalized spacial score (nSPS) is 20.6. The molecule has 2 rings (SSSR count). The van der Waals surface area contributed by atoms with E-state index in [4.69, 9.17) is 37.9 Å². The lowest BCUT2D eigenvalue weighted by Gasteiger charge is -2.19. The van der Waals surface area contributed by atoms with E-state index < -0.39 is 0 Å². The lowest BCUT2D eigenvalue weighted by Crippen LogP contribution is -2.27. The average molecular weight is 491 g/mol. The fourth-order valence-electron chi connectivity index (χ4n) is 3.09. The molecule has 202 valence electrons. The van der Waals surface area contributed by atoms with Gasteiger partial charge in [-0.3, -0.25) is 0 Å². The van der Waals surface area contributed by atoms with E-state index in [2.05, 4.69) is 20.8 Å². The molecule has 0 aromatic carbocycles. The summed E-state index contributed by atoms with van der Waals surface area (Å²) in [4.78, 5) is 0. The topological polar surface area (TPSA) is 80.4 Å². The van der Waals surface area contributed by atoms with Crippen molar-refractivity contribution in [1.29, 1.82) is 0 Å². The van der Waals surface area contributed by atoms with Gasteiger partial charge in [-0.1, -0.05) is 20.8 Å². The first-order valence-electron chi connectivity index (χ1n) is 13.3. The minimum atomic E-state index is -0.0744. The van der Waals surface area contributed by atoms with E-state index in [9.17, 15) is 0 Å². The fraction of sp³-hybridized carbons (Fsp3) is 1.00. The molecule has 0 bridgehead atoms. The molecular formula is C26H50O8. The van der Waals surface area contributed by atoms with Gasteiger partial charge in [-0.05, 0) is 43.9 Å². The lowest BCUT2D eigenvalue weighted by molar-refractivity contribution is -0.0675. The van der Waals surface area contributed by atoms with Crippen LogP contribution in [-0.2, 0) is 37.9 Å². The van der Waals surface area contributed by atoms with Crippen LogP contribution >= 0.6 is 0 Å². The molecule has 0 N–H and O–H groups in total. The number of hydrogen-bond acceptors (Lipinski definition) is 8. The molecule has 34 heavy (non-hydrogen) atoms. The van der Waals surface area contributed by atoms with E-state index in [-0.39, 0.29) is 6.10 Å². The van der Waals surface area contributed by atoms with Gasteiger partial charge in [-0.2, -0.15) is 0 Å². The molecule has 0 aromatic rings. The lowest BCUT2D eigenvalue weighted by atomic mass is 9.93. The summed E-state index contributed by atoms with van der Waals surface area (Å²) in [7, 11) is 0. The van der Waals surface area contributed by atoms with E-state index in [0.717, 1.165) is 78.2 Å². The van der Waals surface area contributed by atoms with Crippen molar-refractivity contribution in [2.24, 2.45) is 5.41 Å². The third-order valence-corrected chi connectivity index (χ3v) is 5.52. The van der Waals surface area contributed by atoms with E-state index in [0.29, 0.717) is 63.9 Å².